The second-order valence-electron chi connectivity index (χ2n) is 6.90. The van der Waals surface area contributed by atoms with Gasteiger partial charge in [-0.2, -0.15) is 0 Å². The van der Waals surface area contributed by atoms with Crippen molar-refractivity contribution in [1.82, 2.24) is 10.2 Å². The molecule has 0 bridgehead atoms. The predicted molar refractivity (Wildman–Crippen MR) is 80.9 cm³/mol. The molecule has 0 aromatic heterocycles. The summed E-state index contributed by atoms with van der Waals surface area (Å²) < 4.78 is 0. The van der Waals surface area contributed by atoms with Gasteiger partial charge in [0.2, 0.25) is 0 Å². The largest absolute Gasteiger partial charge is 0.316 e. The fraction of sp³-hybridized carbons (Fsp3) is 1.00. The molecule has 1 atom stereocenters. The normalized spacial score (nSPS) is 22.0. The fourth-order valence-corrected chi connectivity index (χ4v) is 2.82. The van der Waals surface area contributed by atoms with E-state index in [2.05, 4.69) is 37.9 Å². The average molecular weight is 254 g/mol. The third-order valence-electron chi connectivity index (χ3n) is 3.84. The van der Waals surface area contributed by atoms with Crippen molar-refractivity contribution in [2.45, 2.75) is 53.4 Å². The highest BCUT2D eigenvalue weighted by Crippen LogP contribution is 2.17. The summed E-state index contributed by atoms with van der Waals surface area (Å²) in [4.78, 5) is 2.69. The zero-order valence-corrected chi connectivity index (χ0v) is 13.0. The number of likely N-dealkylation sites (tertiary alicyclic amines) is 1. The molecule has 1 heterocycles. The molecule has 1 saturated heterocycles. The molecule has 0 aromatic rings. The van der Waals surface area contributed by atoms with Crippen molar-refractivity contribution in [2.24, 2.45) is 17.8 Å². The van der Waals surface area contributed by atoms with E-state index in [1.807, 2.05) is 0 Å². The lowest BCUT2D eigenvalue weighted by molar-refractivity contribution is 0.167. The van der Waals surface area contributed by atoms with Crippen LogP contribution in [0.2, 0.25) is 0 Å². The minimum atomic E-state index is 0.774. The van der Waals surface area contributed by atoms with E-state index < -0.39 is 0 Å². The van der Waals surface area contributed by atoms with Crippen molar-refractivity contribution in [2.75, 3.05) is 32.7 Å². The Balaban J connectivity index is 2.11. The van der Waals surface area contributed by atoms with E-state index in [1.165, 1.54) is 58.4 Å². The Labute approximate surface area is 115 Å². The maximum Gasteiger partial charge on any atom is 0.00218 e. The number of nitrogens with zero attached hydrogens (tertiary/aromatic N) is 1. The zero-order valence-electron chi connectivity index (χ0n) is 13.0. The van der Waals surface area contributed by atoms with E-state index in [4.69, 9.17) is 0 Å². The summed E-state index contributed by atoms with van der Waals surface area (Å²) >= 11 is 0. The molecule has 1 fully saturated rings. The van der Waals surface area contributed by atoms with Gasteiger partial charge in [-0.3, -0.25) is 0 Å². The van der Waals surface area contributed by atoms with Crippen LogP contribution in [0.1, 0.15) is 53.4 Å². The number of hydrogen-bond acceptors (Lipinski definition) is 2. The Morgan fingerprint density at radius 2 is 1.94 bits per heavy atom. The van der Waals surface area contributed by atoms with Gasteiger partial charge >= 0.3 is 0 Å². The molecular formula is C16H34N2. The third-order valence-corrected chi connectivity index (χ3v) is 3.84. The van der Waals surface area contributed by atoms with E-state index in [9.17, 15) is 0 Å². The maximum absolute atomic E-state index is 3.62. The first-order valence-corrected chi connectivity index (χ1v) is 8.01. The average Bonchev–Trinajstić information content (AvgIpc) is 2.28. The summed E-state index contributed by atoms with van der Waals surface area (Å²) in [5.74, 6) is 2.52. The molecule has 0 amide bonds. The van der Waals surface area contributed by atoms with E-state index in [0.717, 1.165) is 17.8 Å². The van der Waals surface area contributed by atoms with Crippen molar-refractivity contribution in [3.8, 4) is 0 Å². The first kappa shape index (κ1) is 16.0. The molecule has 18 heavy (non-hydrogen) atoms. The monoisotopic (exact) mass is 254 g/mol. The van der Waals surface area contributed by atoms with Crippen LogP contribution in [0.25, 0.3) is 0 Å². The molecule has 2 heteroatoms. The van der Waals surface area contributed by atoms with E-state index in [-0.39, 0.29) is 0 Å². The lowest BCUT2D eigenvalue weighted by atomic mass is 9.97. The van der Waals surface area contributed by atoms with Crippen LogP contribution in [0.4, 0.5) is 0 Å². The SMILES string of the molecule is CC(C)CCCN1CCCC(CNCC(C)C)C1. The molecule has 0 aliphatic carbocycles. The molecule has 108 valence electrons. The van der Waals surface area contributed by atoms with Gasteiger partial charge in [0.15, 0.2) is 0 Å². The van der Waals surface area contributed by atoms with Crippen molar-refractivity contribution in [3.63, 3.8) is 0 Å². The quantitative estimate of drug-likeness (QED) is 0.714. The van der Waals surface area contributed by atoms with Gasteiger partial charge < -0.3 is 10.2 Å². The third kappa shape index (κ3) is 7.38. The molecule has 1 unspecified atom stereocenters. The van der Waals surface area contributed by atoms with E-state index >= 15 is 0 Å². The van der Waals surface area contributed by atoms with Gasteiger partial charge in [0.1, 0.15) is 0 Å². The van der Waals surface area contributed by atoms with Gasteiger partial charge in [-0.1, -0.05) is 27.7 Å². The smallest absolute Gasteiger partial charge is 0.00218 e. The van der Waals surface area contributed by atoms with E-state index in [0.29, 0.717) is 0 Å². The molecule has 0 spiro atoms. The van der Waals surface area contributed by atoms with Crippen LogP contribution in [-0.4, -0.2) is 37.6 Å². The van der Waals surface area contributed by atoms with E-state index in [1.54, 1.807) is 0 Å². The first-order valence-electron chi connectivity index (χ1n) is 8.01. The van der Waals surface area contributed by atoms with Gasteiger partial charge in [0, 0.05) is 6.54 Å². The summed E-state index contributed by atoms with van der Waals surface area (Å²) in [7, 11) is 0. The van der Waals surface area contributed by atoms with Crippen LogP contribution >= 0.6 is 0 Å². The molecule has 0 aromatic carbocycles. The number of hydrogen-bond donors (Lipinski definition) is 1. The summed E-state index contributed by atoms with van der Waals surface area (Å²) in [6.45, 7) is 15.6. The van der Waals surface area contributed by atoms with Crippen LogP contribution in [-0.2, 0) is 0 Å². The van der Waals surface area contributed by atoms with Gasteiger partial charge in [-0.25, -0.2) is 0 Å². The van der Waals surface area contributed by atoms with Crippen molar-refractivity contribution < 1.29 is 0 Å². The molecule has 0 radical (unpaired) electrons. The standard InChI is InChI=1S/C16H34N2/c1-14(2)7-5-9-18-10-6-8-16(13-18)12-17-11-15(3)4/h14-17H,5-13H2,1-4H3. The van der Waals surface area contributed by atoms with Crippen molar-refractivity contribution in [3.05, 3.63) is 0 Å². The van der Waals surface area contributed by atoms with Gasteiger partial charge in [-0.15, -0.1) is 0 Å². The fourth-order valence-electron chi connectivity index (χ4n) is 2.82. The molecular weight excluding hydrogens is 220 g/mol. The highest BCUT2D eigenvalue weighted by Gasteiger charge is 2.19. The minimum absolute atomic E-state index is 0.774. The lowest BCUT2D eigenvalue weighted by Crippen LogP contribution is -2.40. The summed E-state index contributed by atoms with van der Waals surface area (Å²) in [5.41, 5.74) is 0. The van der Waals surface area contributed by atoms with Gasteiger partial charge in [0.05, 0.1) is 0 Å². The first-order chi connectivity index (χ1) is 8.58. The maximum atomic E-state index is 3.62. The van der Waals surface area contributed by atoms with Crippen LogP contribution in [0.3, 0.4) is 0 Å². The van der Waals surface area contributed by atoms with Gasteiger partial charge in [-0.05, 0) is 69.6 Å². The second-order valence-corrected chi connectivity index (χ2v) is 6.90. The predicted octanol–water partition coefficient (Wildman–Crippen LogP) is 3.38. The van der Waals surface area contributed by atoms with Crippen molar-refractivity contribution >= 4 is 0 Å². The van der Waals surface area contributed by atoms with Crippen LogP contribution in [0.5, 0.6) is 0 Å². The Kier molecular flexibility index (Phi) is 7.92. The Morgan fingerprint density at radius 1 is 1.17 bits per heavy atom. The second kappa shape index (κ2) is 8.92. The molecule has 0 saturated carbocycles. The van der Waals surface area contributed by atoms with Crippen LogP contribution < -0.4 is 5.32 Å². The summed E-state index contributed by atoms with van der Waals surface area (Å²) in [5, 5.41) is 3.62. The highest BCUT2D eigenvalue weighted by molar-refractivity contribution is 4.74. The molecule has 2 nitrogen and oxygen atoms in total. The van der Waals surface area contributed by atoms with Crippen LogP contribution in [0.15, 0.2) is 0 Å². The van der Waals surface area contributed by atoms with Crippen molar-refractivity contribution in [1.29, 1.82) is 0 Å². The minimum Gasteiger partial charge on any atom is -0.316 e. The van der Waals surface area contributed by atoms with Gasteiger partial charge in [0.25, 0.3) is 0 Å². The molecule has 1 N–H and O–H groups in total. The zero-order chi connectivity index (χ0) is 13.4. The lowest BCUT2D eigenvalue weighted by Gasteiger charge is -2.33. The Bertz CT molecular complexity index is 181. The summed E-state index contributed by atoms with van der Waals surface area (Å²) in [6.07, 6.45) is 5.58. The Hall–Kier alpha value is -0.0800. The topological polar surface area (TPSA) is 15.3 Å². The molecule has 1 aliphatic heterocycles. The van der Waals surface area contributed by atoms with Crippen LogP contribution in [0, 0.1) is 17.8 Å². The molecule has 1 rings (SSSR count). The Morgan fingerprint density at radius 3 is 2.61 bits per heavy atom. The summed E-state index contributed by atoms with van der Waals surface area (Å²) in [6, 6.07) is 0. The highest BCUT2D eigenvalue weighted by atomic mass is 15.1. The number of piperidine rings is 1. The number of nitrogens with one attached hydrogen (secondary N) is 1. The number of rotatable bonds is 8. The molecule has 1 aliphatic rings.